The van der Waals surface area contributed by atoms with E-state index >= 15 is 0 Å². The molecule has 0 spiro atoms. The Balaban J connectivity index is 0. The SMILES string of the molecule is C=CCS(=O)(=O)OF.[MgH2]. The smallest absolute Gasteiger partial charge is 0.196 e. The summed E-state index contributed by atoms with van der Waals surface area (Å²) in [6.45, 7) is 3.07. The molecule has 52 valence electrons. The summed E-state index contributed by atoms with van der Waals surface area (Å²) in [7, 11) is -3.95. The van der Waals surface area contributed by atoms with Gasteiger partial charge in [0, 0.05) is 0 Å². The van der Waals surface area contributed by atoms with Crippen LogP contribution in [0.1, 0.15) is 0 Å². The third-order valence-corrected chi connectivity index (χ3v) is 1.25. The standard InChI is InChI=1S/C3H5FO3S.Mg.2H/c1-2-3-8(5,6)7-4;;;/h2H,1,3H2;;;. The van der Waals surface area contributed by atoms with E-state index in [0.29, 0.717) is 0 Å². The molecular weight excluding hydrogens is 159 g/mol. The highest BCUT2D eigenvalue weighted by atomic mass is 32.2. The Labute approximate surface area is 69.1 Å². The van der Waals surface area contributed by atoms with Crippen LogP contribution < -0.4 is 0 Å². The molecule has 0 atom stereocenters. The highest BCUT2D eigenvalue weighted by Gasteiger charge is 2.06. The second-order valence-electron chi connectivity index (χ2n) is 1.08. The normalized spacial score (nSPS) is 9.89. The van der Waals surface area contributed by atoms with Crippen LogP contribution in [-0.4, -0.2) is 37.2 Å². The van der Waals surface area contributed by atoms with Crippen molar-refractivity contribution in [3.8, 4) is 0 Å². The summed E-state index contributed by atoms with van der Waals surface area (Å²) in [5, 5.41) is 0. The average molecular weight is 166 g/mol. The molecule has 0 aromatic heterocycles. The highest BCUT2D eigenvalue weighted by Crippen LogP contribution is 1.91. The topological polar surface area (TPSA) is 43.4 Å². The average Bonchev–Trinajstić information content (AvgIpc) is 1.67. The fraction of sp³-hybridized carbons (Fsp3) is 0.333. The Morgan fingerprint density at radius 1 is 1.67 bits per heavy atom. The molecule has 0 aliphatic carbocycles. The molecule has 0 N–H and O–H groups in total. The van der Waals surface area contributed by atoms with E-state index in [1.165, 1.54) is 0 Å². The molecule has 9 heavy (non-hydrogen) atoms. The molecular formula is C3H7FMgO3S. The molecule has 0 fully saturated rings. The van der Waals surface area contributed by atoms with Crippen LogP contribution in [0.5, 0.6) is 0 Å². The summed E-state index contributed by atoms with van der Waals surface area (Å²) in [4.78, 5) is 0. The Morgan fingerprint density at radius 3 is 2.22 bits per heavy atom. The fourth-order valence-corrected chi connectivity index (χ4v) is 0.510. The zero-order chi connectivity index (χ0) is 6.62. The van der Waals surface area contributed by atoms with E-state index in [1.807, 2.05) is 0 Å². The zero-order valence-electron chi connectivity index (χ0n) is 4.00. The summed E-state index contributed by atoms with van der Waals surface area (Å²) >= 11 is 0. The predicted molar refractivity (Wildman–Crippen MR) is 34.7 cm³/mol. The molecule has 0 amide bonds. The number of hydrogen-bond acceptors (Lipinski definition) is 3. The van der Waals surface area contributed by atoms with E-state index in [0.717, 1.165) is 6.08 Å². The van der Waals surface area contributed by atoms with Crippen molar-refractivity contribution in [2.45, 2.75) is 0 Å². The van der Waals surface area contributed by atoms with Crippen LogP contribution in [0.4, 0.5) is 4.53 Å². The van der Waals surface area contributed by atoms with Crippen molar-refractivity contribution >= 4 is 33.2 Å². The summed E-state index contributed by atoms with van der Waals surface area (Å²) in [5.41, 5.74) is 0. The first-order chi connectivity index (χ1) is 3.62. The number of rotatable bonds is 3. The minimum absolute atomic E-state index is 0. The molecule has 0 aromatic rings. The largest absolute Gasteiger partial charge is 0.316 e. The van der Waals surface area contributed by atoms with Gasteiger partial charge >= 0.3 is 33.2 Å². The maximum Gasteiger partial charge on any atom is 0.316 e. The molecule has 0 rings (SSSR count). The van der Waals surface area contributed by atoms with Gasteiger partial charge in [0.15, 0.2) is 0 Å². The van der Waals surface area contributed by atoms with Gasteiger partial charge in [0.25, 0.3) is 0 Å². The van der Waals surface area contributed by atoms with Gasteiger partial charge in [-0.05, 0) is 4.53 Å². The Morgan fingerprint density at radius 2 is 2.11 bits per heavy atom. The van der Waals surface area contributed by atoms with Crippen molar-refractivity contribution in [1.29, 1.82) is 0 Å². The van der Waals surface area contributed by atoms with Crippen molar-refractivity contribution in [3.63, 3.8) is 0 Å². The van der Waals surface area contributed by atoms with Gasteiger partial charge < -0.3 is 0 Å². The molecule has 0 unspecified atom stereocenters. The maximum atomic E-state index is 10.8. The molecule has 3 nitrogen and oxygen atoms in total. The van der Waals surface area contributed by atoms with Crippen LogP contribution in [0.3, 0.4) is 0 Å². The minimum Gasteiger partial charge on any atom is -0.196 e. The monoisotopic (exact) mass is 166 g/mol. The molecule has 0 aromatic carbocycles. The van der Waals surface area contributed by atoms with Crippen LogP contribution in [-0.2, 0) is 14.5 Å². The quantitative estimate of drug-likeness (QED) is 0.419. The Hall–Kier alpha value is 0.346. The van der Waals surface area contributed by atoms with Gasteiger partial charge in [-0.1, -0.05) is 10.5 Å². The summed E-state index contributed by atoms with van der Waals surface area (Å²) in [5.74, 6) is -0.497. The van der Waals surface area contributed by atoms with E-state index in [9.17, 15) is 12.9 Å². The van der Waals surface area contributed by atoms with Gasteiger partial charge in [-0.25, -0.2) is 0 Å². The first-order valence-corrected chi connectivity index (χ1v) is 3.34. The molecule has 0 saturated carbocycles. The Kier molecular flexibility index (Phi) is 6.91. The first-order valence-electron chi connectivity index (χ1n) is 1.76. The Bertz CT molecular complexity index is 164. The van der Waals surface area contributed by atoms with Crippen molar-refractivity contribution < 1.29 is 17.3 Å². The molecule has 0 aliphatic heterocycles. The third-order valence-electron chi connectivity index (χ3n) is 0.418. The van der Waals surface area contributed by atoms with Crippen LogP contribution in [0.2, 0.25) is 0 Å². The molecule has 0 heterocycles. The summed E-state index contributed by atoms with van der Waals surface area (Å²) < 4.78 is 33.3. The van der Waals surface area contributed by atoms with E-state index in [-0.39, 0.29) is 23.1 Å². The van der Waals surface area contributed by atoms with Crippen LogP contribution >= 0.6 is 0 Å². The van der Waals surface area contributed by atoms with E-state index in [2.05, 4.69) is 11.0 Å². The van der Waals surface area contributed by atoms with Gasteiger partial charge in [0.05, 0.1) is 5.75 Å². The maximum absolute atomic E-state index is 10.8. The van der Waals surface area contributed by atoms with E-state index in [1.54, 1.807) is 0 Å². The van der Waals surface area contributed by atoms with Gasteiger partial charge in [-0.2, -0.15) is 8.42 Å². The van der Waals surface area contributed by atoms with Crippen LogP contribution in [0.15, 0.2) is 12.7 Å². The number of hydrogen-bond donors (Lipinski definition) is 0. The number of halogens is 1. The van der Waals surface area contributed by atoms with Gasteiger partial charge in [0.2, 0.25) is 0 Å². The molecule has 0 bridgehead atoms. The lowest BCUT2D eigenvalue weighted by molar-refractivity contribution is 0.00348. The second kappa shape index (κ2) is 5.16. The molecule has 0 aliphatic rings. The zero-order valence-corrected chi connectivity index (χ0v) is 4.82. The van der Waals surface area contributed by atoms with Crippen LogP contribution in [0, 0.1) is 0 Å². The summed E-state index contributed by atoms with van der Waals surface area (Å²) in [6, 6.07) is 0. The van der Waals surface area contributed by atoms with Gasteiger partial charge in [0.1, 0.15) is 0 Å². The van der Waals surface area contributed by atoms with Gasteiger partial charge in [-0.3, -0.25) is 0 Å². The lowest BCUT2D eigenvalue weighted by Crippen LogP contribution is -2.02. The van der Waals surface area contributed by atoms with Crippen molar-refractivity contribution in [3.05, 3.63) is 12.7 Å². The molecule has 0 radical (unpaired) electrons. The van der Waals surface area contributed by atoms with Gasteiger partial charge in [-0.15, -0.1) is 6.58 Å². The lowest BCUT2D eigenvalue weighted by Gasteiger charge is -1.86. The van der Waals surface area contributed by atoms with Crippen molar-refractivity contribution in [1.82, 2.24) is 0 Å². The predicted octanol–water partition coefficient (Wildman–Crippen LogP) is -0.513. The van der Waals surface area contributed by atoms with E-state index in [4.69, 9.17) is 0 Å². The van der Waals surface area contributed by atoms with E-state index < -0.39 is 15.9 Å². The fourth-order valence-electron chi connectivity index (χ4n) is 0.170. The van der Waals surface area contributed by atoms with Crippen molar-refractivity contribution in [2.75, 3.05) is 5.75 Å². The molecule has 0 saturated heterocycles. The van der Waals surface area contributed by atoms with Crippen molar-refractivity contribution in [2.24, 2.45) is 0 Å². The minimum atomic E-state index is -3.95. The van der Waals surface area contributed by atoms with Crippen LogP contribution in [0.25, 0.3) is 0 Å². The highest BCUT2D eigenvalue weighted by molar-refractivity contribution is 7.86. The lowest BCUT2D eigenvalue weighted by atomic mass is 10.8. The summed E-state index contributed by atoms with van der Waals surface area (Å²) in [6.07, 6.45) is 1.04. The molecule has 6 heteroatoms. The first kappa shape index (κ1) is 12.1. The third kappa shape index (κ3) is 6.23. The second-order valence-corrected chi connectivity index (χ2v) is 2.65.